The van der Waals surface area contributed by atoms with E-state index < -0.39 is 0 Å². The van der Waals surface area contributed by atoms with Gasteiger partial charge in [-0.2, -0.15) is 0 Å². The minimum Gasteiger partial charge on any atom is -0.497 e. The Labute approximate surface area is 153 Å². The van der Waals surface area contributed by atoms with Crippen LogP contribution in [0.1, 0.15) is 5.56 Å². The van der Waals surface area contributed by atoms with Crippen LogP contribution in [0.4, 0.5) is 5.69 Å². The van der Waals surface area contributed by atoms with Gasteiger partial charge in [-0.1, -0.05) is 35.3 Å². The van der Waals surface area contributed by atoms with Crippen molar-refractivity contribution in [2.75, 3.05) is 7.11 Å². The molecule has 7 heteroatoms. The number of rotatable bonds is 3. The van der Waals surface area contributed by atoms with Gasteiger partial charge in [0.05, 0.1) is 27.7 Å². The Balaban J connectivity index is 1.83. The maximum atomic E-state index is 12.1. The predicted molar refractivity (Wildman–Crippen MR) is 100 cm³/mol. The third-order valence-electron chi connectivity index (χ3n) is 3.18. The van der Waals surface area contributed by atoms with E-state index in [1.807, 2.05) is 24.3 Å². The van der Waals surface area contributed by atoms with Gasteiger partial charge in [0, 0.05) is 0 Å². The maximum absolute atomic E-state index is 12.1. The van der Waals surface area contributed by atoms with Gasteiger partial charge >= 0.3 is 0 Å². The number of halogens is 2. The van der Waals surface area contributed by atoms with Crippen LogP contribution >= 0.6 is 35.0 Å². The number of nitrogens with one attached hydrogen (secondary N) is 1. The summed E-state index contributed by atoms with van der Waals surface area (Å²) in [5.41, 5.74) is 1.50. The highest BCUT2D eigenvalue weighted by atomic mass is 35.5. The lowest BCUT2D eigenvalue weighted by Crippen LogP contribution is -2.19. The average molecular weight is 379 g/mol. The first-order valence-corrected chi connectivity index (χ1v) is 8.51. The Bertz CT molecular complexity index is 865. The lowest BCUT2D eigenvalue weighted by Gasteiger charge is -2.00. The summed E-state index contributed by atoms with van der Waals surface area (Å²) in [5, 5.41) is 4.10. The molecule has 0 atom stereocenters. The number of thioether (sulfide) groups is 1. The van der Waals surface area contributed by atoms with Crippen molar-refractivity contribution in [3.8, 4) is 5.75 Å². The Hall–Kier alpha value is -1.95. The van der Waals surface area contributed by atoms with Crippen molar-refractivity contribution in [1.29, 1.82) is 0 Å². The molecule has 1 aliphatic rings. The molecule has 1 saturated heterocycles. The quantitative estimate of drug-likeness (QED) is 0.773. The van der Waals surface area contributed by atoms with Gasteiger partial charge in [-0.25, -0.2) is 4.99 Å². The highest BCUT2D eigenvalue weighted by molar-refractivity contribution is 8.18. The first kappa shape index (κ1) is 16.9. The van der Waals surface area contributed by atoms with Crippen LogP contribution in [0.3, 0.4) is 0 Å². The van der Waals surface area contributed by atoms with Gasteiger partial charge in [0.1, 0.15) is 5.75 Å². The Morgan fingerprint density at radius 3 is 2.75 bits per heavy atom. The number of aliphatic imine (C=N–C) groups is 1. The molecule has 24 heavy (non-hydrogen) atoms. The zero-order valence-corrected chi connectivity index (χ0v) is 14.9. The van der Waals surface area contributed by atoms with Gasteiger partial charge < -0.3 is 10.1 Å². The molecule has 1 heterocycles. The molecule has 122 valence electrons. The van der Waals surface area contributed by atoms with Crippen LogP contribution in [-0.4, -0.2) is 18.2 Å². The number of carbonyl (C=O) groups is 1. The lowest BCUT2D eigenvalue weighted by molar-refractivity contribution is -0.115. The Kier molecular flexibility index (Phi) is 5.14. The van der Waals surface area contributed by atoms with Gasteiger partial charge in [0.15, 0.2) is 5.17 Å². The van der Waals surface area contributed by atoms with Crippen LogP contribution in [0.25, 0.3) is 6.08 Å². The third-order valence-corrected chi connectivity index (χ3v) is 4.83. The normalized spacial score (nSPS) is 17.4. The molecule has 4 nitrogen and oxygen atoms in total. The van der Waals surface area contributed by atoms with E-state index >= 15 is 0 Å². The molecule has 3 rings (SSSR count). The second kappa shape index (κ2) is 7.30. The number of amidine groups is 1. The van der Waals surface area contributed by atoms with Crippen LogP contribution in [0.15, 0.2) is 52.4 Å². The standard InChI is InChI=1S/C17H12Cl2N2O2S/c1-23-12-4-2-3-10(7-12)8-15-16(22)21-17(24-15)20-11-5-6-13(18)14(19)9-11/h2-9H,1H3,(H,20,21,22)/b15-8+. The van der Waals surface area contributed by atoms with Crippen molar-refractivity contribution in [2.24, 2.45) is 4.99 Å². The van der Waals surface area contributed by atoms with Crippen LogP contribution in [0.2, 0.25) is 10.0 Å². The highest BCUT2D eigenvalue weighted by Crippen LogP contribution is 2.31. The molecule has 0 bridgehead atoms. The summed E-state index contributed by atoms with van der Waals surface area (Å²) in [5.74, 6) is 0.541. The van der Waals surface area contributed by atoms with Crippen molar-refractivity contribution in [2.45, 2.75) is 0 Å². The second-order valence-corrected chi connectivity index (χ2v) is 6.70. The van der Waals surface area contributed by atoms with Crippen LogP contribution < -0.4 is 10.1 Å². The van der Waals surface area contributed by atoms with Crippen molar-refractivity contribution in [3.05, 3.63) is 63.0 Å². The Morgan fingerprint density at radius 2 is 2.00 bits per heavy atom. The van der Waals surface area contributed by atoms with E-state index in [-0.39, 0.29) is 5.91 Å². The number of nitrogens with zero attached hydrogens (tertiary/aromatic N) is 1. The number of hydrogen-bond acceptors (Lipinski definition) is 4. The molecule has 0 aromatic heterocycles. The minimum atomic E-state index is -0.193. The molecule has 1 amide bonds. The van der Waals surface area contributed by atoms with E-state index in [4.69, 9.17) is 27.9 Å². The third kappa shape index (κ3) is 3.93. The second-order valence-electron chi connectivity index (χ2n) is 4.86. The molecule has 1 N–H and O–H groups in total. The Morgan fingerprint density at radius 1 is 1.17 bits per heavy atom. The zero-order chi connectivity index (χ0) is 17.1. The molecule has 0 radical (unpaired) electrons. The fourth-order valence-electron chi connectivity index (χ4n) is 2.04. The summed E-state index contributed by atoms with van der Waals surface area (Å²) >= 11 is 13.1. The monoisotopic (exact) mass is 378 g/mol. The predicted octanol–water partition coefficient (Wildman–Crippen LogP) is 4.89. The fourth-order valence-corrected chi connectivity index (χ4v) is 3.17. The first-order chi connectivity index (χ1) is 11.5. The summed E-state index contributed by atoms with van der Waals surface area (Å²) in [4.78, 5) is 17.0. The smallest absolute Gasteiger partial charge is 0.264 e. The number of hydrogen-bond donors (Lipinski definition) is 1. The number of amides is 1. The van der Waals surface area contributed by atoms with E-state index in [2.05, 4.69) is 10.3 Å². The zero-order valence-electron chi connectivity index (χ0n) is 12.5. The first-order valence-electron chi connectivity index (χ1n) is 6.94. The van der Waals surface area contributed by atoms with Gasteiger partial charge in [-0.3, -0.25) is 4.79 Å². The van der Waals surface area contributed by atoms with Gasteiger partial charge in [0.25, 0.3) is 5.91 Å². The SMILES string of the molecule is COc1cccc(/C=C2/SC(=Nc3ccc(Cl)c(Cl)c3)NC2=O)c1. The van der Waals surface area contributed by atoms with E-state index in [9.17, 15) is 4.79 Å². The van der Waals surface area contributed by atoms with Crippen LogP contribution in [0, 0.1) is 0 Å². The van der Waals surface area contributed by atoms with E-state index in [1.165, 1.54) is 11.8 Å². The summed E-state index contributed by atoms with van der Waals surface area (Å²) in [6, 6.07) is 12.5. The number of carbonyl (C=O) groups excluding carboxylic acids is 1. The van der Waals surface area contributed by atoms with Gasteiger partial charge in [-0.05, 0) is 53.7 Å². The summed E-state index contributed by atoms with van der Waals surface area (Å²) in [6.45, 7) is 0. The molecule has 0 saturated carbocycles. The number of benzene rings is 2. The van der Waals surface area contributed by atoms with E-state index in [0.29, 0.717) is 25.8 Å². The topological polar surface area (TPSA) is 50.7 Å². The molecule has 0 aliphatic carbocycles. The van der Waals surface area contributed by atoms with Crippen LogP contribution in [-0.2, 0) is 4.79 Å². The molecule has 2 aromatic carbocycles. The summed E-state index contributed by atoms with van der Waals surface area (Å²) < 4.78 is 5.18. The van der Waals surface area contributed by atoms with E-state index in [1.54, 1.807) is 31.4 Å². The van der Waals surface area contributed by atoms with Gasteiger partial charge in [-0.15, -0.1) is 0 Å². The van der Waals surface area contributed by atoms with Crippen molar-refractivity contribution in [1.82, 2.24) is 5.32 Å². The fraction of sp³-hybridized carbons (Fsp3) is 0.0588. The summed E-state index contributed by atoms with van der Waals surface area (Å²) in [6.07, 6.45) is 1.79. The number of ether oxygens (including phenoxy) is 1. The van der Waals surface area contributed by atoms with Gasteiger partial charge in [0.2, 0.25) is 0 Å². The number of methoxy groups -OCH3 is 1. The molecule has 2 aromatic rings. The molecule has 0 spiro atoms. The molecule has 0 unspecified atom stereocenters. The van der Waals surface area contributed by atoms with E-state index in [0.717, 1.165) is 11.3 Å². The van der Waals surface area contributed by atoms with Crippen molar-refractivity contribution in [3.63, 3.8) is 0 Å². The molecular weight excluding hydrogens is 367 g/mol. The molecule has 1 fully saturated rings. The lowest BCUT2D eigenvalue weighted by atomic mass is 10.2. The van der Waals surface area contributed by atoms with Crippen molar-refractivity contribution >= 4 is 57.8 Å². The molecular formula is C17H12Cl2N2O2S. The largest absolute Gasteiger partial charge is 0.497 e. The molecule has 1 aliphatic heterocycles. The van der Waals surface area contributed by atoms with Crippen molar-refractivity contribution < 1.29 is 9.53 Å². The summed E-state index contributed by atoms with van der Waals surface area (Å²) in [7, 11) is 1.60. The average Bonchev–Trinajstić information content (AvgIpc) is 2.90. The maximum Gasteiger partial charge on any atom is 0.264 e. The van der Waals surface area contributed by atoms with Crippen LogP contribution in [0.5, 0.6) is 5.75 Å². The highest BCUT2D eigenvalue weighted by Gasteiger charge is 2.23. The minimum absolute atomic E-state index is 0.193.